The lowest BCUT2D eigenvalue weighted by molar-refractivity contribution is -0.115. The van der Waals surface area contributed by atoms with Gasteiger partial charge in [0, 0.05) is 12.3 Å². The van der Waals surface area contributed by atoms with Crippen LogP contribution in [0.1, 0.15) is 45.9 Å². The van der Waals surface area contributed by atoms with Crippen LogP contribution in [0, 0.1) is 6.92 Å². The SMILES string of the molecule is CCOC(=O)c1sc(NC(=O)CCCl)c(C(=O)OCC)c1C. The lowest BCUT2D eigenvalue weighted by Gasteiger charge is -2.06. The van der Waals surface area contributed by atoms with Gasteiger partial charge in [-0.25, -0.2) is 9.59 Å². The third-order valence-electron chi connectivity index (χ3n) is 2.66. The highest BCUT2D eigenvalue weighted by atomic mass is 35.5. The van der Waals surface area contributed by atoms with Crippen molar-refractivity contribution in [3.63, 3.8) is 0 Å². The molecule has 1 amide bonds. The van der Waals surface area contributed by atoms with Gasteiger partial charge in [-0.05, 0) is 26.3 Å². The van der Waals surface area contributed by atoms with Crippen LogP contribution in [0.4, 0.5) is 5.00 Å². The first-order chi connectivity index (χ1) is 10.5. The fourth-order valence-corrected chi connectivity index (χ4v) is 2.99. The predicted molar refractivity (Wildman–Crippen MR) is 84.9 cm³/mol. The van der Waals surface area contributed by atoms with Crippen molar-refractivity contribution in [3.05, 3.63) is 16.0 Å². The van der Waals surface area contributed by atoms with Crippen LogP contribution in [-0.2, 0) is 14.3 Å². The molecule has 0 atom stereocenters. The lowest BCUT2D eigenvalue weighted by Crippen LogP contribution is -2.14. The number of hydrogen-bond acceptors (Lipinski definition) is 6. The van der Waals surface area contributed by atoms with E-state index in [1.165, 1.54) is 0 Å². The van der Waals surface area contributed by atoms with Crippen LogP contribution in [0.15, 0.2) is 0 Å². The van der Waals surface area contributed by atoms with E-state index in [1.54, 1.807) is 20.8 Å². The quantitative estimate of drug-likeness (QED) is 0.605. The number of carbonyl (C=O) groups is 3. The Morgan fingerprint density at radius 1 is 1.14 bits per heavy atom. The van der Waals surface area contributed by atoms with Crippen LogP contribution in [-0.4, -0.2) is 36.9 Å². The van der Waals surface area contributed by atoms with Crippen molar-refractivity contribution in [1.82, 2.24) is 0 Å². The van der Waals surface area contributed by atoms with Crippen molar-refractivity contribution in [2.75, 3.05) is 24.4 Å². The zero-order chi connectivity index (χ0) is 16.7. The minimum atomic E-state index is -0.590. The summed E-state index contributed by atoms with van der Waals surface area (Å²) in [5, 5.41) is 2.87. The molecule has 0 aliphatic carbocycles. The molecule has 122 valence electrons. The first-order valence-corrected chi connectivity index (χ1v) is 8.14. The minimum absolute atomic E-state index is 0.107. The van der Waals surface area contributed by atoms with Gasteiger partial charge in [0.25, 0.3) is 0 Å². The first-order valence-electron chi connectivity index (χ1n) is 6.79. The average molecular weight is 348 g/mol. The minimum Gasteiger partial charge on any atom is -0.462 e. The topological polar surface area (TPSA) is 81.7 Å². The number of esters is 2. The Hall–Kier alpha value is -1.60. The van der Waals surface area contributed by atoms with E-state index >= 15 is 0 Å². The van der Waals surface area contributed by atoms with Crippen molar-refractivity contribution in [1.29, 1.82) is 0 Å². The second-order valence-corrected chi connectivity index (χ2v) is 5.59. The van der Waals surface area contributed by atoms with Crippen LogP contribution < -0.4 is 5.32 Å². The second kappa shape index (κ2) is 8.75. The van der Waals surface area contributed by atoms with Crippen LogP contribution in [0.25, 0.3) is 0 Å². The third kappa shape index (κ3) is 4.45. The second-order valence-electron chi connectivity index (χ2n) is 4.19. The molecule has 0 fully saturated rings. The zero-order valence-electron chi connectivity index (χ0n) is 12.7. The summed E-state index contributed by atoms with van der Waals surface area (Å²) in [5.41, 5.74) is 0.612. The van der Waals surface area contributed by atoms with Crippen molar-refractivity contribution in [2.45, 2.75) is 27.2 Å². The van der Waals surface area contributed by atoms with E-state index in [0.717, 1.165) is 11.3 Å². The van der Waals surface area contributed by atoms with Gasteiger partial charge in [0.2, 0.25) is 5.91 Å². The van der Waals surface area contributed by atoms with E-state index in [4.69, 9.17) is 21.1 Å². The molecule has 1 N–H and O–H groups in total. The van der Waals surface area contributed by atoms with E-state index in [2.05, 4.69) is 5.32 Å². The number of carbonyl (C=O) groups excluding carboxylic acids is 3. The van der Waals surface area contributed by atoms with Crippen molar-refractivity contribution >= 4 is 45.8 Å². The number of amides is 1. The fourth-order valence-electron chi connectivity index (χ4n) is 1.72. The number of halogens is 1. The average Bonchev–Trinajstić information content (AvgIpc) is 2.76. The van der Waals surface area contributed by atoms with Gasteiger partial charge in [-0.15, -0.1) is 22.9 Å². The highest BCUT2D eigenvalue weighted by Gasteiger charge is 2.27. The maximum absolute atomic E-state index is 12.1. The number of alkyl halides is 1. The Bertz CT molecular complexity index is 570. The summed E-state index contributed by atoms with van der Waals surface area (Å²) in [4.78, 5) is 36.0. The van der Waals surface area contributed by atoms with Crippen molar-refractivity contribution in [3.8, 4) is 0 Å². The molecule has 0 saturated carbocycles. The predicted octanol–water partition coefficient (Wildman–Crippen LogP) is 2.98. The van der Waals surface area contributed by atoms with Crippen molar-refractivity contribution < 1.29 is 23.9 Å². The molecule has 6 nitrogen and oxygen atoms in total. The highest BCUT2D eigenvalue weighted by Crippen LogP contribution is 2.34. The third-order valence-corrected chi connectivity index (χ3v) is 4.04. The first kappa shape index (κ1) is 18.4. The highest BCUT2D eigenvalue weighted by molar-refractivity contribution is 7.18. The summed E-state index contributed by atoms with van der Waals surface area (Å²) in [6, 6.07) is 0. The number of anilines is 1. The van der Waals surface area contributed by atoms with E-state index in [9.17, 15) is 14.4 Å². The molecule has 0 bridgehead atoms. The van der Waals surface area contributed by atoms with Crippen LogP contribution in [0.2, 0.25) is 0 Å². The molecular weight excluding hydrogens is 330 g/mol. The summed E-state index contributed by atoms with van der Waals surface area (Å²) in [6.07, 6.45) is 0.107. The molecule has 0 aliphatic rings. The summed E-state index contributed by atoms with van der Waals surface area (Å²) < 4.78 is 9.94. The molecule has 0 radical (unpaired) electrons. The summed E-state index contributed by atoms with van der Waals surface area (Å²) >= 11 is 6.51. The van der Waals surface area contributed by atoms with Gasteiger partial charge < -0.3 is 14.8 Å². The van der Waals surface area contributed by atoms with Crippen LogP contribution in [0.3, 0.4) is 0 Å². The van der Waals surface area contributed by atoms with Gasteiger partial charge in [-0.3, -0.25) is 4.79 Å². The van der Waals surface area contributed by atoms with E-state index in [-0.39, 0.29) is 46.9 Å². The summed E-state index contributed by atoms with van der Waals surface area (Å²) in [5.74, 6) is -1.30. The Kier molecular flexibility index (Phi) is 7.34. The van der Waals surface area contributed by atoms with E-state index < -0.39 is 11.9 Å². The molecule has 0 spiro atoms. The van der Waals surface area contributed by atoms with E-state index in [0.29, 0.717) is 5.56 Å². The van der Waals surface area contributed by atoms with E-state index in [1.807, 2.05) is 0 Å². The normalized spacial score (nSPS) is 10.2. The molecule has 1 aromatic rings. The molecule has 0 saturated heterocycles. The van der Waals surface area contributed by atoms with Gasteiger partial charge in [-0.1, -0.05) is 0 Å². The lowest BCUT2D eigenvalue weighted by atomic mass is 10.1. The molecule has 8 heteroatoms. The number of ether oxygens (including phenoxy) is 2. The molecular formula is C14H18ClNO5S. The van der Waals surface area contributed by atoms with Gasteiger partial charge in [0.1, 0.15) is 9.88 Å². The summed E-state index contributed by atoms with van der Waals surface area (Å²) in [7, 11) is 0. The number of thiophene rings is 1. The molecule has 0 aliphatic heterocycles. The molecule has 22 heavy (non-hydrogen) atoms. The standard InChI is InChI=1S/C14H18ClNO5S/c1-4-20-13(18)10-8(3)11(14(19)21-5-2)22-12(10)16-9(17)6-7-15/h4-7H2,1-3H3,(H,16,17). The van der Waals surface area contributed by atoms with Gasteiger partial charge >= 0.3 is 11.9 Å². The molecule has 1 heterocycles. The molecule has 1 aromatic heterocycles. The van der Waals surface area contributed by atoms with Crippen LogP contribution >= 0.6 is 22.9 Å². The zero-order valence-corrected chi connectivity index (χ0v) is 14.2. The van der Waals surface area contributed by atoms with Gasteiger partial charge in [0.15, 0.2) is 0 Å². The maximum Gasteiger partial charge on any atom is 0.348 e. The Labute approximate surface area is 137 Å². The van der Waals surface area contributed by atoms with Crippen LogP contribution in [0.5, 0.6) is 0 Å². The number of rotatable bonds is 7. The Morgan fingerprint density at radius 3 is 2.27 bits per heavy atom. The van der Waals surface area contributed by atoms with Crippen molar-refractivity contribution in [2.24, 2.45) is 0 Å². The largest absolute Gasteiger partial charge is 0.462 e. The number of nitrogens with one attached hydrogen (secondary N) is 1. The molecule has 1 rings (SSSR count). The fraction of sp³-hybridized carbons (Fsp3) is 0.500. The maximum atomic E-state index is 12.1. The molecule has 0 aromatic carbocycles. The smallest absolute Gasteiger partial charge is 0.348 e. The Balaban J connectivity index is 3.21. The Morgan fingerprint density at radius 2 is 1.73 bits per heavy atom. The van der Waals surface area contributed by atoms with Gasteiger partial charge in [0.05, 0.1) is 18.8 Å². The van der Waals surface area contributed by atoms with Gasteiger partial charge in [-0.2, -0.15) is 0 Å². The number of hydrogen-bond donors (Lipinski definition) is 1. The summed E-state index contributed by atoms with van der Waals surface area (Å²) in [6.45, 7) is 5.40. The monoisotopic (exact) mass is 347 g/mol. The molecule has 0 unspecified atom stereocenters.